The first-order chi connectivity index (χ1) is 15.1. The number of carbonyl (C=O) groups excluding carboxylic acids is 1. The van der Waals surface area contributed by atoms with Crippen LogP contribution in [0.4, 0.5) is 0 Å². The molecule has 1 fully saturated rings. The molecule has 0 unspecified atom stereocenters. The number of carbonyl (C=O) groups is 1. The SMILES string of the molecule is CCCCCc1ccc(-c2ccc(OC(=O)C3CCC(CCCC)CC3)cc2)cc1C. The molecule has 0 N–H and O–H groups in total. The Kier molecular flexibility index (Phi) is 9.18. The monoisotopic (exact) mass is 420 g/mol. The Labute approximate surface area is 189 Å². The van der Waals surface area contributed by atoms with Crippen LogP contribution in [0.5, 0.6) is 5.75 Å². The Hall–Kier alpha value is -2.09. The molecule has 168 valence electrons. The summed E-state index contributed by atoms with van der Waals surface area (Å²) in [6.07, 6.45) is 13.2. The molecule has 3 rings (SSSR count). The number of unbranched alkanes of at least 4 members (excludes halogenated alkanes) is 3. The number of rotatable bonds is 10. The summed E-state index contributed by atoms with van der Waals surface area (Å²) in [6, 6.07) is 14.8. The van der Waals surface area contributed by atoms with Gasteiger partial charge < -0.3 is 4.74 Å². The Morgan fingerprint density at radius 2 is 1.55 bits per heavy atom. The molecule has 1 aliphatic rings. The highest BCUT2D eigenvalue weighted by molar-refractivity contribution is 5.75. The smallest absolute Gasteiger partial charge is 0.314 e. The second kappa shape index (κ2) is 12.1. The summed E-state index contributed by atoms with van der Waals surface area (Å²) < 4.78 is 5.72. The molecule has 0 spiro atoms. The third-order valence-electron chi connectivity index (χ3n) is 6.94. The molecule has 2 nitrogen and oxygen atoms in total. The van der Waals surface area contributed by atoms with E-state index in [0.717, 1.165) is 25.2 Å². The van der Waals surface area contributed by atoms with Crippen molar-refractivity contribution in [1.82, 2.24) is 0 Å². The first-order valence-corrected chi connectivity index (χ1v) is 12.5. The van der Waals surface area contributed by atoms with Gasteiger partial charge in [0.25, 0.3) is 0 Å². The van der Waals surface area contributed by atoms with E-state index in [4.69, 9.17) is 4.74 Å². The molecule has 2 aromatic rings. The van der Waals surface area contributed by atoms with Crippen LogP contribution in [-0.2, 0) is 11.2 Å². The van der Waals surface area contributed by atoms with Gasteiger partial charge in [-0.15, -0.1) is 0 Å². The Balaban J connectivity index is 1.53. The zero-order valence-corrected chi connectivity index (χ0v) is 19.8. The molecule has 0 atom stereocenters. The molecule has 0 amide bonds. The molecule has 0 saturated heterocycles. The van der Waals surface area contributed by atoms with E-state index in [2.05, 4.69) is 51.1 Å². The lowest BCUT2D eigenvalue weighted by Gasteiger charge is -2.27. The van der Waals surface area contributed by atoms with Crippen molar-refractivity contribution in [1.29, 1.82) is 0 Å². The molecule has 0 radical (unpaired) electrons. The number of benzene rings is 2. The lowest BCUT2D eigenvalue weighted by atomic mass is 9.80. The molecular weight excluding hydrogens is 380 g/mol. The number of hydrogen-bond donors (Lipinski definition) is 0. The van der Waals surface area contributed by atoms with E-state index < -0.39 is 0 Å². The van der Waals surface area contributed by atoms with E-state index in [0.29, 0.717) is 5.75 Å². The van der Waals surface area contributed by atoms with Gasteiger partial charge in [-0.2, -0.15) is 0 Å². The summed E-state index contributed by atoms with van der Waals surface area (Å²) >= 11 is 0. The van der Waals surface area contributed by atoms with Gasteiger partial charge in [0, 0.05) is 0 Å². The van der Waals surface area contributed by atoms with Gasteiger partial charge in [0.05, 0.1) is 5.92 Å². The molecule has 0 aliphatic heterocycles. The highest BCUT2D eigenvalue weighted by atomic mass is 16.5. The summed E-state index contributed by atoms with van der Waals surface area (Å²) in [5.74, 6) is 1.49. The standard InChI is InChI=1S/C29H40O2/c1-4-6-8-10-24-15-16-27(21-22(24)3)25-17-19-28(20-18-25)31-29(30)26-13-11-23(12-14-26)9-7-5-2/h15-21,23,26H,4-14H2,1-3H3. The van der Waals surface area contributed by atoms with Crippen LogP contribution in [0.2, 0.25) is 0 Å². The minimum absolute atomic E-state index is 0.0473. The average Bonchev–Trinajstić information content (AvgIpc) is 2.79. The van der Waals surface area contributed by atoms with E-state index in [1.54, 1.807) is 0 Å². The van der Waals surface area contributed by atoms with Crippen LogP contribution >= 0.6 is 0 Å². The number of esters is 1. The predicted molar refractivity (Wildman–Crippen MR) is 130 cm³/mol. The maximum absolute atomic E-state index is 12.6. The molecule has 0 aromatic heterocycles. The van der Waals surface area contributed by atoms with Crippen molar-refractivity contribution in [2.45, 2.75) is 91.4 Å². The second-order valence-corrected chi connectivity index (χ2v) is 9.40. The lowest BCUT2D eigenvalue weighted by Crippen LogP contribution is -2.25. The maximum Gasteiger partial charge on any atom is 0.314 e. The number of ether oxygens (including phenoxy) is 1. The van der Waals surface area contributed by atoms with Crippen LogP contribution < -0.4 is 4.74 Å². The quantitative estimate of drug-likeness (QED) is 0.219. The molecule has 1 aliphatic carbocycles. The van der Waals surface area contributed by atoms with Gasteiger partial charge in [0.15, 0.2) is 0 Å². The normalized spacial score (nSPS) is 18.7. The van der Waals surface area contributed by atoms with Gasteiger partial charge in [-0.25, -0.2) is 0 Å². The molecule has 1 saturated carbocycles. The van der Waals surface area contributed by atoms with Crippen molar-refractivity contribution >= 4 is 5.97 Å². The highest BCUT2D eigenvalue weighted by Crippen LogP contribution is 2.33. The van der Waals surface area contributed by atoms with Crippen LogP contribution in [-0.4, -0.2) is 5.97 Å². The molecule has 0 heterocycles. The van der Waals surface area contributed by atoms with E-state index in [1.165, 1.54) is 73.6 Å². The van der Waals surface area contributed by atoms with Crippen LogP contribution in [0.15, 0.2) is 42.5 Å². The third-order valence-corrected chi connectivity index (χ3v) is 6.94. The van der Waals surface area contributed by atoms with E-state index in [1.807, 2.05) is 12.1 Å². The first-order valence-electron chi connectivity index (χ1n) is 12.5. The fraction of sp³-hybridized carbons (Fsp3) is 0.552. The van der Waals surface area contributed by atoms with Crippen LogP contribution in [0.1, 0.15) is 89.2 Å². The van der Waals surface area contributed by atoms with Crippen molar-refractivity contribution in [2.24, 2.45) is 11.8 Å². The van der Waals surface area contributed by atoms with E-state index in [9.17, 15) is 4.79 Å². The largest absolute Gasteiger partial charge is 0.426 e. The first kappa shape index (κ1) is 23.6. The predicted octanol–water partition coefficient (Wildman–Crippen LogP) is 8.30. The fourth-order valence-electron chi connectivity index (χ4n) is 4.82. The van der Waals surface area contributed by atoms with Gasteiger partial charge in [-0.05, 0) is 85.8 Å². The summed E-state index contributed by atoms with van der Waals surface area (Å²) in [4.78, 5) is 12.6. The zero-order chi connectivity index (χ0) is 22.1. The van der Waals surface area contributed by atoms with Gasteiger partial charge in [0.2, 0.25) is 0 Å². The average molecular weight is 421 g/mol. The zero-order valence-electron chi connectivity index (χ0n) is 19.8. The van der Waals surface area contributed by atoms with E-state index >= 15 is 0 Å². The minimum atomic E-state index is -0.0473. The van der Waals surface area contributed by atoms with Gasteiger partial charge >= 0.3 is 5.97 Å². The van der Waals surface area contributed by atoms with Gasteiger partial charge in [-0.3, -0.25) is 4.79 Å². The summed E-state index contributed by atoms with van der Waals surface area (Å²) in [5.41, 5.74) is 5.20. The van der Waals surface area contributed by atoms with E-state index in [-0.39, 0.29) is 11.9 Å². The maximum atomic E-state index is 12.6. The molecular formula is C29H40O2. The van der Waals surface area contributed by atoms with Gasteiger partial charge in [-0.1, -0.05) is 76.3 Å². The summed E-state index contributed by atoms with van der Waals surface area (Å²) in [5, 5.41) is 0. The summed E-state index contributed by atoms with van der Waals surface area (Å²) in [7, 11) is 0. The fourth-order valence-corrected chi connectivity index (χ4v) is 4.82. The Morgan fingerprint density at radius 1 is 0.871 bits per heavy atom. The van der Waals surface area contributed by atoms with Gasteiger partial charge in [0.1, 0.15) is 5.75 Å². The topological polar surface area (TPSA) is 26.3 Å². The molecule has 0 bridgehead atoms. The van der Waals surface area contributed by atoms with Crippen molar-refractivity contribution in [3.63, 3.8) is 0 Å². The second-order valence-electron chi connectivity index (χ2n) is 9.40. The molecule has 2 aromatic carbocycles. The molecule has 2 heteroatoms. The molecule has 31 heavy (non-hydrogen) atoms. The third kappa shape index (κ3) is 6.95. The number of hydrogen-bond acceptors (Lipinski definition) is 2. The number of aryl methyl sites for hydroxylation is 2. The van der Waals surface area contributed by atoms with Crippen molar-refractivity contribution in [3.05, 3.63) is 53.6 Å². The van der Waals surface area contributed by atoms with Crippen molar-refractivity contribution < 1.29 is 9.53 Å². The lowest BCUT2D eigenvalue weighted by molar-refractivity contribution is -0.140. The minimum Gasteiger partial charge on any atom is -0.426 e. The van der Waals surface area contributed by atoms with Crippen molar-refractivity contribution in [3.8, 4) is 16.9 Å². The Bertz CT molecular complexity index is 813. The van der Waals surface area contributed by atoms with Crippen molar-refractivity contribution in [2.75, 3.05) is 0 Å². The highest BCUT2D eigenvalue weighted by Gasteiger charge is 2.27. The van der Waals surface area contributed by atoms with Crippen LogP contribution in [0.3, 0.4) is 0 Å². The van der Waals surface area contributed by atoms with Crippen LogP contribution in [0, 0.1) is 18.8 Å². The Morgan fingerprint density at radius 3 is 2.19 bits per heavy atom. The summed E-state index contributed by atoms with van der Waals surface area (Å²) in [6.45, 7) is 6.70. The van der Waals surface area contributed by atoms with Crippen LogP contribution in [0.25, 0.3) is 11.1 Å².